The first-order valence-electron chi connectivity index (χ1n) is 8.29. The highest BCUT2D eigenvalue weighted by Gasteiger charge is 2.23. The third-order valence-corrected chi connectivity index (χ3v) is 4.33. The first kappa shape index (κ1) is 16.3. The van der Waals surface area contributed by atoms with E-state index in [1.165, 1.54) is 12.0 Å². The van der Waals surface area contributed by atoms with Crippen LogP contribution in [-0.2, 0) is 4.74 Å². The van der Waals surface area contributed by atoms with Crippen molar-refractivity contribution in [1.29, 1.82) is 0 Å². The first-order valence-corrected chi connectivity index (χ1v) is 8.29. The number of methoxy groups -OCH3 is 1. The van der Waals surface area contributed by atoms with Gasteiger partial charge in [0.1, 0.15) is 11.9 Å². The fraction of sp³-hybridized carbons (Fsp3) is 0.667. The molecule has 1 aromatic rings. The number of ether oxygens (including phenoxy) is 2. The van der Waals surface area contributed by atoms with Crippen molar-refractivity contribution >= 4 is 0 Å². The Morgan fingerprint density at radius 3 is 2.76 bits per heavy atom. The summed E-state index contributed by atoms with van der Waals surface area (Å²) in [4.78, 5) is 0. The molecule has 1 aliphatic carbocycles. The molecule has 21 heavy (non-hydrogen) atoms. The Bertz CT molecular complexity index is 421. The molecular weight excluding hydrogens is 262 g/mol. The summed E-state index contributed by atoms with van der Waals surface area (Å²) in [7, 11) is 1.80. The summed E-state index contributed by atoms with van der Waals surface area (Å²) in [6.45, 7) is 5.35. The summed E-state index contributed by atoms with van der Waals surface area (Å²) >= 11 is 0. The van der Waals surface area contributed by atoms with Gasteiger partial charge in [0.25, 0.3) is 0 Å². The third kappa shape index (κ3) is 4.72. The molecule has 0 bridgehead atoms. The summed E-state index contributed by atoms with van der Waals surface area (Å²) in [5, 5.41) is 3.52. The van der Waals surface area contributed by atoms with Gasteiger partial charge < -0.3 is 14.8 Å². The standard InChI is InChI=1S/C18H29NO2/c1-4-18(19-5-2)14-8-6-10-16(12-14)21-17-11-7-9-15(13-17)20-3/h6,8,10,12,15,17-19H,4-5,7,9,11,13H2,1-3H3. The van der Waals surface area contributed by atoms with Gasteiger partial charge in [-0.25, -0.2) is 0 Å². The highest BCUT2D eigenvalue weighted by atomic mass is 16.5. The maximum Gasteiger partial charge on any atom is 0.120 e. The van der Waals surface area contributed by atoms with E-state index < -0.39 is 0 Å². The van der Waals surface area contributed by atoms with Crippen LogP contribution in [0.3, 0.4) is 0 Å². The molecule has 0 aliphatic heterocycles. The van der Waals surface area contributed by atoms with Crippen molar-refractivity contribution in [3.8, 4) is 5.75 Å². The smallest absolute Gasteiger partial charge is 0.120 e. The number of hydrogen-bond donors (Lipinski definition) is 1. The van der Waals surface area contributed by atoms with Crippen LogP contribution in [0.4, 0.5) is 0 Å². The Labute approximate surface area is 129 Å². The van der Waals surface area contributed by atoms with Crippen LogP contribution in [0.15, 0.2) is 24.3 Å². The normalized spacial score (nSPS) is 23.8. The molecule has 1 saturated carbocycles. The minimum atomic E-state index is 0.290. The minimum absolute atomic E-state index is 0.290. The van der Waals surface area contributed by atoms with E-state index in [9.17, 15) is 0 Å². The Morgan fingerprint density at radius 1 is 1.24 bits per heavy atom. The predicted molar refractivity (Wildman–Crippen MR) is 86.8 cm³/mol. The number of benzene rings is 1. The van der Waals surface area contributed by atoms with E-state index in [2.05, 4.69) is 43.4 Å². The lowest BCUT2D eigenvalue weighted by atomic mass is 9.95. The molecule has 2 rings (SSSR count). The van der Waals surface area contributed by atoms with Gasteiger partial charge in [0.15, 0.2) is 0 Å². The lowest BCUT2D eigenvalue weighted by Crippen LogP contribution is -2.29. The second-order valence-electron chi connectivity index (χ2n) is 5.86. The largest absolute Gasteiger partial charge is 0.490 e. The van der Waals surface area contributed by atoms with Gasteiger partial charge in [-0.15, -0.1) is 0 Å². The zero-order valence-electron chi connectivity index (χ0n) is 13.6. The van der Waals surface area contributed by atoms with Crippen molar-refractivity contribution in [3.63, 3.8) is 0 Å². The van der Waals surface area contributed by atoms with Gasteiger partial charge in [-0.05, 0) is 49.9 Å². The molecule has 0 aromatic heterocycles. The van der Waals surface area contributed by atoms with Crippen molar-refractivity contribution in [2.75, 3.05) is 13.7 Å². The average molecular weight is 291 g/mol. The summed E-state index contributed by atoms with van der Waals surface area (Å²) in [6.07, 6.45) is 6.23. The maximum absolute atomic E-state index is 6.19. The van der Waals surface area contributed by atoms with Crippen LogP contribution in [0.25, 0.3) is 0 Å². The van der Waals surface area contributed by atoms with Gasteiger partial charge in [0.05, 0.1) is 6.10 Å². The van der Waals surface area contributed by atoms with Crippen LogP contribution in [0, 0.1) is 0 Å². The Hall–Kier alpha value is -1.06. The van der Waals surface area contributed by atoms with Gasteiger partial charge in [-0.2, -0.15) is 0 Å². The summed E-state index contributed by atoms with van der Waals surface area (Å²) in [5.74, 6) is 0.991. The minimum Gasteiger partial charge on any atom is -0.490 e. The Kier molecular flexibility index (Phi) is 6.52. The van der Waals surface area contributed by atoms with Gasteiger partial charge in [0, 0.05) is 19.6 Å². The molecule has 1 N–H and O–H groups in total. The van der Waals surface area contributed by atoms with Gasteiger partial charge >= 0.3 is 0 Å². The average Bonchev–Trinajstić information content (AvgIpc) is 2.53. The Balaban J connectivity index is 2.00. The van der Waals surface area contributed by atoms with E-state index in [-0.39, 0.29) is 6.10 Å². The summed E-state index contributed by atoms with van der Waals surface area (Å²) in [5.41, 5.74) is 1.32. The van der Waals surface area contributed by atoms with Crippen molar-refractivity contribution in [3.05, 3.63) is 29.8 Å². The highest BCUT2D eigenvalue weighted by Crippen LogP contribution is 2.27. The first-order chi connectivity index (χ1) is 10.3. The lowest BCUT2D eigenvalue weighted by Gasteiger charge is -2.29. The lowest BCUT2D eigenvalue weighted by molar-refractivity contribution is 0.0209. The molecule has 1 aliphatic rings. The van der Waals surface area contributed by atoms with Crippen LogP contribution in [0.1, 0.15) is 57.6 Å². The van der Waals surface area contributed by atoms with E-state index in [1.54, 1.807) is 7.11 Å². The quantitative estimate of drug-likeness (QED) is 0.821. The summed E-state index contributed by atoms with van der Waals surface area (Å²) < 4.78 is 11.7. The molecule has 0 saturated heterocycles. The van der Waals surface area contributed by atoms with Crippen LogP contribution in [0.2, 0.25) is 0 Å². The van der Waals surface area contributed by atoms with Gasteiger partial charge in [-0.3, -0.25) is 0 Å². The molecule has 3 heteroatoms. The molecule has 0 spiro atoms. The second-order valence-corrected chi connectivity index (χ2v) is 5.86. The van der Waals surface area contributed by atoms with Crippen LogP contribution >= 0.6 is 0 Å². The van der Waals surface area contributed by atoms with Crippen LogP contribution in [0.5, 0.6) is 5.75 Å². The van der Waals surface area contributed by atoms with Crippen molar-refractivity contribution in [2.24, 2.45) is 0 Å². The monoisotopic (exact) mass is 291 g/mol. The van der Waals surface area contributed by atoms with Crippen LogP contribution in [-0.4, -0.2) is 25.9 Å². The molecule has 0 radical (unpaired) electrons. The third-order valence-electron chi connectivity index (χ3n) is 4.33. The molecule has 118 valence electrons. The fourth-order valence-corrected chi connectivity index (χ4v) is 3.16. The molecule has 0 heterocycles. The number of hydrogen-bond acceptors (Lipinski definition) is 3. The van der Waals surface area contributed by atoms with Crippen molar-refractivity contribution < 1.29 is 9.47 Å². The van der Waals surface area contributed by atoms with E-state index in [0.717, 1.165) is 38.0 Å². The fourth-order valence-electron chi connectivity index (χ4n) is 3.16. The zero-order chi connectivity index (χ0) is 15.1. The zero-order valence-corrected chi connectivity index (χ0v) is 13.6. The molecule has 1 fully saturated rings. The van der Waals surface area contributed by atoms with Crippen molar-refractivity contribution in [2.45, 2.75) is 64.2 Å². The van der Waals surface area contributed by atoms with E-state index in [4.69, 9.17) is 9.47 Å². The highest BCUT2D eigenvalue weighted by molar-refractivity contribution is 5.30. The molecule has 3 nitrogen and oxygen atoms in total. The summed E-state index contributed by atoms with van der Waals surface area (Å²) in [6, 6.07) is 8.95. The molecule has 3 atom stereocenters. The van der Waals surface area contributed by atoms with E-state index >= 15 is 0 Å². The molecule has 0 amide bonds. The SMILES string of the molecule is CCNC(CC)c1cccc(OC2CCCC(OC)C2)c1. The van der Waals surface area contributed by atoms with Gasteiger partial charge in [0.2, 0.25) is 0 Å². The molecular formula is C18H29NO2. The molecule has 3 unspecified atom stereocenters. The maximum atomic E-state index is 6.19. The van der Waals surface area contributed by atoms with Crippen LogP contribution < -0.4 is 10.1 Å². The number of rotatable bonds is 7. The Morgan fingerprint density at radius 2 is 2.05 bits per heavy atom. The molecule has 1 aromatic carbocycles. The number of nitrogens with one attached hydrogen (secondary N) is 1. The van der Waals surface area contributed by atoms with E-state index in [0.29, 0.717) is 12.1 Å². The van der Waals surface area contributed by atoms with Gasteiger partial charge in [-0.1, -0.05) is 26.0 Å². The van der Waals surface area contributed by atoms with E-state index in [1.807, 2.05) is 0 Å². The topological polar surface area (TPSA) is 30.5 Å². The van der Waals surface area contributed by atoms with Crippen molar-refractivity contribution in [1.82, 2.24) is 5.32 Å². The second kappa shape index (κ2) is 8.40. The predicted octanol–water partition coefficient (Wildman–Crippen LogP) is 4.08.